The number of amides is 1. The number of rotatable bonds is 3. The first-order valence-electron chi connectivity index (χ1n) is 8.20. The maximum Gasteiger partial charge on any atom is 0.254 e. The zero-order chi connectivity index (χ0) is 18.9. The van der Waals surface area contributed by atoms with E-state index in [0.717, 1.165) is 5.56 Å². The predicted molar refractivity (Wildman–Crippen MR) is 102 cm³/mol. The summed E-state index contributed by atoms with van der Waals surface area (Å²) in [5, 5.41) is 0.372. The molecule has 138 valence electrons. The van der Waals surface area contributed by atoms with Crippen LogP contribution in [0.4, 0.5) is 5.69 Å². The lowest BCUT2D eigenvalue weighted by molar-refractivity contribution is 0.0697. The number of hydrogen-bond donors (Lipinski definition) is 1. The summed E-state index contributed by atoms with van der Waals surface area (Å²) >= 11 is 5.90. The molecule has 1 heterocycles. The molecule has 26 heavy (non-hydrogen) atoms. The van der Waals surface area contributed by atoms with Crippen LogP contribution in [0.15, 0.2) is 47.4 Å². The Labute approximate surface area is 158 Å². The van der Waals surface area contributed by atoms with Crippen LogP contribution >= 0.6 is 11.6 Å². The minimum absolute atomic E-state index is 0.130. The van der Waals surface area contributed by atoms with E-state index in [4.69, 9.17) is 17.3 Å². The number of halogens is 1. The summed E-state index contributed by atoms with van der Waals surface area (Å²) in [6.45, 7) is 2.98. The zero-order valence-corrected chi connectivity index (χ0v) is 15.9. The van der Waals surface area contributed by atoms with Gasteiger partial charge in [-0.05, 0) is 42.8 Å². The fraction of sp³-hybridized carbons (Fsp3) is 0.278. The molecule has 0 saturated carbocycles. The van der Waals surface area contributed by atoms with Crippen molar-refractivity contribution in [1.29, 1.82) is 0 Å². The molecule has 0 radical (unpaired) electrons. The number of carbonyl (C=O) groups excluding carboxylic acids is 1. The smallest absolute Gasteiger partial charge is 0.254 e. The first-order valence-corrected chi connectivity index (χ1v) is 10.0. The highest BCUT2D eigenvalue weighted by Crippen LogP contribution is 2.22. The van der Waals surface area contributed by atoms with Crippen molar-refractivity contribution in [3.8, 4) is 0 Å². The van der Waals surface area contributed by atoms with E-state index in [9.17, 15) is 13.2 Å². The number of carbonyl (C=O) groups is 1. The van der Waals surface area contributed by atoms with E-state index in [2.05, 4.69) is 0 Å². The van der Waals surface area contributed by atoms with Gasteiger partial charge in [0.1, 0.15) is 0 Å². The van der Waals surface area contributed by atoms with Crippen molar-refractivity contribution >= 4 is 33.2 Å². The molecule has 1 amide bonds. The minimum atomic E-state index is -3.62. The van der Waals surface area contributed by atoms with Crippen LogP contribution in [0.2, 0.25) is 5.02 Å². The Hall–Kier alpha value is -2.09. The Morgan fingerprint density at radius 2 is 1.77 bits per heavy atom. The van der Waals surface area contributed by atoms with Gasteiger partial charge in [0.05, 0.1) is 4.90 Å². The lowest BCUT2D eigenvalue weighted by Gasteiger charge is -2.34. The third kappa shape index (κ3) is 3.70. The molecule has 0 unspecified atom stereocenters. The van der Waals surface area contributed by atoms with Crippen molar-refractivity contribution in [1.82, 2.24) is 9.21 Å². The van der Waals surface area contributed by atoms with E-state index in [1.807, 2.05) is 13.0 Å². The average molecular weight is 394 g/mol. The van der Waals surface area contributed by atoms with Gasteiger partial charge in [-0.25, -0.2) is 8.42 Å². The Morgan fingerprint density at radius 3 is 2.42 bits per heavy atom. The maximum absolute atomic E-state index is 12.7. The lowest BCUT2D eigenvalue weighted by Crippen LogP contribution is -2.50. The second-order valence-electron chi connectivity index (χ2n) is 6.23. The van der Waals surface area contributed by atoms with Crippen LogP contribution in [0.5, 0.6) is 0 Å². The van der Waals surface area contributed by atoms with Gasteiger partial charge in [0.15, 0.2) is 0 Å². The van der Waals surface area contributed by atoms with Crippen LogP contribution in [-0.2, 0) is 10.0 Å². The number of sulfonamides is 1. The lowest BCUT2D eigenvalue weighted by atomic mass is 10.1. The molecule has 0 spiro atoms. The number of nitrogens with zero attached hydrogens (tertiary/aromatic N) is 2. The molecule has 2 aromatic carbocycles. The number of nitrogens with two attached hydrogens (primary N) is 1. The van der Waals surface area contributed by atoms with Gasteiger partial charge in [0.25, 0.3) is 5.91 Å². The number of aryl methyl sites for hydroxylation is 1. The third-order valence-corrected chi connectivity index (χ3v) is 6.58. The first-order chi connectivity index (χ1) is 12.3. The Bertz CT molecular complexity index is 938. The Kier molecular flexibility index (Phi) is 5.22. The largest absolute Gasteiger partial charge is 0.399 e. The van der Waals surface area contributed by atoms with Gasteiger partial charge in [0, 0.05) is 42.5 Å². The van der Waals surface area contributed by atoms with Gasteiger partial charge < -0.3 is 10.6 Å². The summed E-state index contributed by atoms with van der Waals surface area (Å²) in [5.41, 5.74) is 7.71. The van der Waals surface area contributed by atoms with Gasteiger partial charge in [0.2, 0.25) is 10.0 Å². The second kappa shape index (κ2) is 7.26. The average Bonchev–Trinajstić information content (AvgIpc) is 2.63. The van der Waals surface area contributed by atoms with Crippen molar-refractivity contribution in [2.45, 2.75) is 11.8 Å². The summed E-state index contributed by atoms with van der Waals surface area (Å²) < 4.78 is 26.8. The summed E-state index contributed by atoms with van der Waals surface area (Å²) in [7, 11) is -3.62. The van der Waals surface area contributed by atoms with Crippen molar-refractivity contribution in [2.24, 2.45) is 0 Å². The van der Waals surface area contributed by atoms with Crippen molar-refractivity contribution in [3.63, 3.8) is 0 Å². The number of nitrogen functional groups attached to an aromatic ring is 1. The Balaban J connectivity index is 1.73. The number of piperazine rings is 1. The summed E-state index contributed by atoms with van der Waals surface area (Å²) in [6, 6.07) is 11.4. The molecule has 0 aliphatic carbocycles. The highest BCUT2D eigenvalue weighted by molar-refractivity contribution is 7.89. The van der Waals surface area contributed by atoms with Crippen LogP contribution in [0.3, 0.4) is 0 Å². The normalized spacial score (nSPS) is 15.8. The van der Waals surface area contributed by atoms with Crippen LogP contribution in [0, 0.1) is 6.92 Å². The maximum atomic E-state index is 12.7. The molecule has 3 rings (SSSR count). The first kappa shape index (κ1) is 18.7. The van der Waals surface area contributed by atoms with E-state index in [1.54, 1.807) is 29.2 Å². The van der Waals surface area contributed by atoms with E-state index in [0.29, 0.717) is 29.4 Å². The van der Waals surface area contributed by atoms with E-state index in [1.165, 1.54) is 16.4 Å². The van der Waals surface area contributed by atoms with Crippen molar-refractivity contribution in [3.05, 3.63) is 58.6 Å². The minimum Gasteiger partial charge on any atom is -0.399 e. The molecule has 2 N–H and O–H groups in total. The van der Waals surface area contributed by atoms with Gasteiger partial charge >= 0.3 is 0 Å². The highest BCUT2D eigenvalue weighted by atomic mass is 35.5. The molecular weight excluding hydrogens is 374 g/mol. The summed E-state index contributed by atoms with van der Waals surface area (Å²) in [5.74, 6) is -0.130. The monoisotopic (exact) mass is 393 g/mol. The van der Waals surface area contributed by atoms with Crippen LogP contribution in [0.25, 0.3) is 0 Å². The molecule has 8 heteroatoms. The van der Waals surface area contributed by atoms with Gasteiger partial charge in [-0.15, -0.1) is 0 Å². The molecule has 0 aromatic heterocycles. The molecule has 1 fully saturated rings. The zero-order valence-electron chi connectivity index (χ0n) is 14.4. The molecule has 0 bridgehead atoms. The second-order valence-corrected chi connectivity index (χ2v) is 8.60. The van der Waals surface area contributed by atoms with E-state index in [-0.39, 0.29) is 23.9 Å². The standard InChI is InChI=1S/C18H20ClN3O3S/c1-13-5-6-15(20)12-17(13)18(23)21-7-9-22(10-8-21)26(24,25)16-4-2-3-14(19)11-16/h2-6,11-12H,7-10,20H2,1H3. The summed E-state index contributed by atoms with van der Waals surface area (Å²) in [4.78, 5) is 14.6. The SMILES string of the molecule is Cc1ccc(N)cc1C(=O)N1CCN(S(=O)(=O)c2cccc(Cl)c2)CC1. The van der Waals surface area contributed by atoms with Crippen molar-refractivity contribution in [2.75, 3.05) is 31.9 Å². The topological polar surface area (TPSA) is 83.7 Å². The third-order valence-electron chi connectivity index (χ3n) is 4.45. The van der Waals surface area contributed by atoms with Crippen LogP contribution in [0.1, 0.15) is 15.9 Å². The number of benzene rings is 2. The molecule has 1 aliphatic rings. The van der Waals surface area contributed by atoms with Gasteiger partial charge in [-0.3, -0.25) is 4.79 Å². The molecule has 1 aliphatic heterocycles. The van der Waals surface area contributed by atoms with Crippen molar-refractivity contribution < 1.29 is 13.2 Å². The molecular formula is C18H20ClN3O3S. The fourth-order valence-corrected chi connectivity index (χ4v) is 4.67. The number of hydrogen-bond acceptors (Lipinski definition) is 4. The predicted octanol–water partition coefficient (Wildman–Crippen LogP) is 2.38. The summed E-state index contributed by atoms with van der Waals surface area (Å²) in [6.07, 6.45) is 0. The molecule has 1 saturated heterocycles. The fourth-order valence-electron chi connectivity index (χ4n) is 2.95. The van der Waals surface area contributed by atoms with Crippen LogP contribution in [-0.4, -0.2) is 49.7 Å². The molecule has 6 nitrogen and oxygen atoms in total. The quantitative estimate of drug-likeness (QED) is 0.811. The van der Waals surface area contributed by atoms with Crippen LogP contribution < -0.4 is 5.73 Å². The molecule has 0 atom stereocenters. The van der Waals surface area contributed by atoms with Gasteiger partial charge in [-0.1, -0.05) is 23.7 Å². The Morgan fingerprint density at radius 1 is 1.08 bits per heavy atom. The van der Waals surface area contributed by atoms with Gasteiger partial charge in [-0.2, -0.15) is 4.31 Å². The number of anilines is 1. The van der Waals surface area contributed by atoms with E-state index >= 15 is 0 Å². The highest BCUT2D eigenvalue weighted by Gasteiger charge is 2.30. The van der Waals surface area contributed by atoms with E-state index < -0.39 is 10.0 Å². The molecule has 2 aromatic rings.